The van der Waals surface area contributed by atoms with E-state index in [0.717, 1.165) is 5.56 Å². The molecule has 0 radical (unpaired) electrons. The van der Waals surface area contributed by atoms with Crippen molar-refractivity contribution in [3.05, 3.63) is 47.5 Å². The molecule has 0 atom stereocenters. The number of nitrogens with zero attached hydrogens (tertiary/aromatic N) is 2. The Morgan fingerprint density at radius 3 is 2.84 bits per heavy atom. The predicted octanol–water partition coefficient (Wildman–Crippen LogP) is 4.23. The largest absolute Gasteiger partial charge is 0.454 e. The summed E-state index contributed by atoms with van der Waals surface area (Å²) in [7, 11) is 0. The Morgan fingerprint density at radius 2 is 1.96 bits per heavy atom. The highest BCUT2D eigenvalue weighted by Gasteiger charge is 2.16. The molecule has 3 aromatic rings. The summed E-state index contributed by atoms with van der Waals surface area (Å²) in [5, 5.41) is 15.0. The van der Waals surface area contributed by atoms with Gasteiger partial charge in [-0.2, -0.15) is 0 Å². The van der Waals surface area contributed by atoms with Gasteiger partial charge in [-0.15, -0.1) is 10.2 Å². The molecule has 4 rings (SSSR count). The molecule has 25 heavy (non-hydrogen) atoms. The highest BCUT2D eigenvalue weighted by Crippen LogP contribution is 2.37. The molecule has 2 aromatic carbocycles. The summed E-state index contributed by atoms with van der Waals surface area (Å²) >= 11 is 7.15. The zero-order chi connectivity index (χ0) is 17.2. The van der Waals surface area contributed by atoms with Crippen LogP contribution in [0.2, 0.25) is 5.02 Å². The number of rotatable bonds is 3. The molecule has 1 aliphatic rings. The lowest BCUT2D eigenvalue weighted by atomic mass is 10.2. The molecule has 2 N–H and O–H groups in total. The maximum atomic E-state index is 12.0. The van der Waals surface area contributed by atoms with E-state index in [9.17, 15) is 4.79 Å². The van der Waals surface area contributed by atoms with E-state index < -0.39 is 6.03 Å². The lowest BCUT2D eigenvalue weighted by Gasteiger charge is -2.04. The van der Waals surface area contributed by atoms with Crippen LogP contribution in [0.5, 0.6) is 11.5 Å². The number of aromatic nitrogens is 2. The Hall–Kier alpha value is -2.84. The van der Waals surface area contributed by atoms with Gasteiger partial charge in [-0.05, 0) is 36.4 Å². The summed E-state index contributed by atoms with van der Waals surface area (Å²) in [5.41, 5.74) is 1.43. The second kappa shape index (κ2) is 6.58. The molecule has 9 heteroatoms. The minimum Gasteiger partial charge on any atom is -0.454 e. The van der Waals surface area contributed by atoms with Crippen LogP contribution >= 0.6 is 22.9 Å². The number of hydrogen-bond acceptors (Lipinski definition) is 6. The molecular weight excluding hydrogens is 364 g/mol. The zero-order valence-corrected chi connectivity index (χ0v) is 14.2. The smallest absolute Gasteiger partial charge is 0.325 e. The molecule has 0 saturated carbocycles. The van der Waals surface area contributed by atoms with E-state index in [1.54, 1.807) is 24.3 Å². The number of hydrogen-bond donors (Lipinski definition) is 2. The van der Waals surface area contributed by atoms with Crippen molar-refractivity contribution in [2.24, 2.45) is 0 Å². The van der Waals surface area contributed by atoms with E-state index in [1.807, 2.05) is 18.2 Å². The fourth-order valence-electron chi connectivity index (χ4n) is 2.25. The second-order valence-corrected chi connectivity index (χ2v) is 6.48. The van der Waals surface area contributed by atoms with Gasteiger partial charge in [-0.1, -0.05) is 29.0 Å². The summed E-state index contributed by atoms with van der Waals surface area (Å²) in [6.45, 7) is 0.214. The lowest BCUT2D eigenvalue weighted by molar-refractivity contribution is 0.174. The first kappa shape index (κ1) is 15.7. The molecule has 0 unspecified atom stereocenters. The third kappa shape index (κ3) is 3.49. The van der Waals surface area contributed by atoms with Crippen molar-refractivity contribution in [3.8, 4) is 22.1 Å². The van der Waals surface area contributed by atoms with Crippen molar-refractivity contribution in [2.75, 3.05) is 17.4 Å². The Labute approximate surface area is 151 Å². The zero-order valence-electron chi connectivity index (χ0n) is 12.7. The number of ether oxygens (including phenoxy) is 2. The quantitative estimate of drug-likeness (QED) is 0.716. The van der Waals surface area contributed by atoms with Gasteiger partial charge in [-0.25, -0.2) is 4.79 Å². The van der Waals surface area contributed by atoms with Gasteiger partial charge in [0.05, 0.1) is 0 Å². The molecule has 0 aliphatic carbocycles. The van der Waals surface area contributed by atoms with Crippen LogP contribution in [0.3, 0.4) is 0 Å². The van der Waals surface area contributed by atoms with Crippen molar-refractivity contribution in [2.45, 2.75) is 0 Å². The number of halogens is 1. The number of urea groups is 1. The molecular formula is C16H11ClN4O3S. The SMILES string of the molecule is O=C(Nc1cccc(Cl)c1)Nc1nnc(-c2ccc3c(c2)OCO3)s1. The Kier molecular flexibility index (Phi) is 4.12. The molecule has 2 amide bonds. The Bertz CT molecular complexity index is 947. The second-order valence-electron chi connectivity index (χ2n) is 5.07. The van der Waals surface area contributed by atoms with Gasteiger partial charge in [0.1, 0.15) is 5.01 Å². The number of anilines is 2. The number of amides is 2. The molecule has 1 aromatic heterocycles. The van der Waals surface area contributed by atoms with Crippen LogP contribution in [0.15, 0.2) is 42.5 Å². The van der Waals surface area contributed by atoms with Crippen LogP contribution in [0.25, 0.3) is 10.6 Å². The number of carbonyl (C=O) groups excluding carboxylic acids is 1. The van der Waals surface area contributed by atoms with Crippen molar-refractivity contribution in [1.29, 1.82) is 0 Å². The normalized spacial score (nSPS) is 12.0. The van der Waals surface area contributed by atoms with Crippen molar-refractivity contribution in [1.82, 2.24) is 10.2 Å². The van der Waals surface area contributed by atoms with E-state index in [-0.39, 0.29) is 6.79 Å². The first-order valence-corrected chi connectivity index (χ1v) is 8.44. The summed E-state index contributed by atoms with van der Waals surface area (Å²) in [4.78, 5) is 12.0. The molecule has 1 aliphatic heterocycles. The van der Waals surface area contributed by atoms with Crippen LogP contribution in [0.4, 0.5) is 15.6 Å². The van der Waals surface area contributed by atoms with E-state index in [1.165, 1.54) is 11.3 Å². The van der Waals surface area contributed by atoms with Crippen LogP contribution < -0.4 is 20.1 Å². The fourth-order valence-corrected chi connectivity index (χ4v) is 3.17. The summed E-state index contributed by atoms with van der Waals surface area (Å²) < 4.78 is 10.6. The van der Waals surface area contributed by atoms with Gasteiger partial charge in [0.2, 0.25) is 11.9 Å². The van der Waals surface area contributed by atoms with Gasteiger partial charge in [0, 0.05) is 16.3 Å². The first-order valence-electron chi connectivity index (χ1n) is 7.24. The number of nitrogens with one attached hydrogen (secondary N) is 2. The molecule has 0 saturated heterocycles. The lowest BCUT2D eigenvalue weighted by Crippen LogP contribution is -2.19. The van der Waals surface area contributed by atoms with Crippen LogP contribution in [0, 0.1) is 0 Å². The van der Waals surface area contributed by atoms with E-state index in [4.69, 9.17) is 21.1 Å². The van der Waals surface area contributed by atoms with Crippen molar-refractivity contribution in [3.63, 3.8) is 0 Å². The highest BCUT2D eigenvalue weighted by molar-refractivity contribution is 7.18. The summed E-state index contributed by atoms with van der Waals surface area (Å²) in [6.07, 6.45) is 0. The molecule has 0 spiro atoms. The molecule has 7 nitrogen and oxygen atoms in total. The monoisotopic (exact) mass is 374 g/mol. The van der Waals surface area contributed by atoms with Gasteiger partial charge in [0.25, 0.3) is 0 Å². The Balaban J connectivity index is 1.45. The van der Waals surface area contributed by atoms with Crippen molar-refractivity contribution < 1.29 is 14.3 Å². The molecule has 0 fully saturated rings. The maximum absolute atomic E-state index is 12.0. The fraction of sp³-hybridized carbons (Fsp3) is 0.0625. The van der Waals surface area contributed by atoms with Crippen LogP contribution in [-0.4, -0.2) is 23.0 Å². The Morgan fingerprint density at radius 1 is 1.08 bits per heavy atom. The van der Waals surface area contributed by atoms with E-state index in [0.29, 0.717) is 32.3 Å². The highest BCUT2D eigenvalue weighted by atomic mass is 35.5. The van der Waals surface area contributed by atoms with Crippen molar-refractivity contribution >= 4 is 39.8 Å². The standard InChI is InChI=1S/C16H11ClN4O3S/c17-10-2-1-3-11(7-10)18-15(22)19-16-21-20-14(25-16)9-4-5-12-13(6-9)24-8-23-12/h1-7H,8H2,(H2,18,19,21,22). The maximum Gasteiger partial charge on any atom is 0.325 e. The number of benzene rings is 2. The van der Waals surface area contributed by atoms with Gasteiger partial charge in [-0.3, -0.25) is 5.32 Å². The number of carbonyl (C=O) groups is 1. The average Bonchev–Trinajstić information content (AvgIpc) is 3.23. The summed E-state index contributed by atoms with van der Waals surface area (Å²) in [5.74, 6) is 1.37. The van der Waals surface area contributed by atoms with Gasteiger partial charge < -0.3 is 14.8 Å². The minimum absolute atomic E-state index is 0.214. The summed E-state index contributed by atoms with van der Waals surface area (Å²) in [6, 6.07) is 12.0. The van der Waals surface area contributed by atoms with Gasteiger partial charge in [0.15, 0.2) is 11.5 Å². The molecule has 0 bridgehead atoms. The topological polar surface area (TPSA) is 85.4 Å². The van der Waals surface area contributed by atoms with Gasteiger partial charge >= 0.3 is 6.03 Å². The van der Waals surface area contributed by atoms with E-state index in [2.05, 4.69) is 20.8 Å². The van der Waals surface area contributed by atoms with E-state index >= 15 is 0 Å². The minimum atomic E-state index is -0.421. The molecule has 2 heterocycles. The first-order chi connectivity index (χ1) is 12.2. The number of fused-ring (bicyclic) bond motifs is 1. The van der Waals surface area contributed by atoms with Crippen LogP contribution in [0.1, 0.15) is 0 Å². The average molecular weight is 375 g/mol. The third-order valence-corrected chi connectivity index (χ3v) is 4.47. The predicted molar refractivity (Wildman–Crippen MR) is 95.6 cm³/mol. The third-order valence-electron chi connectivity index (χ3n) is 3.35. The molecule has 126 valence electrons. The van der Waals surface area contributed by atoms with Crippen LogP contribution in [-0.2, 0) is 0 Å².